The molecule has 1 heterocycles. The Labute approximate surface area is 110 Å². The zero-order chi connectivity index (χ0) is 12.4. The molecule has 0 saturated carbocycles. The summed E-state index contributed by atoms with van der Waals surface area (Å²) in [5.41, 5.74) is 0.642. The van der Waals surface area contributed by atoms with E-state index < -0.39 is 5.97 Å². The van der Waals surface area contributed by atoms with E-state index in [-0.39, 0.29) is 11.7 Å². The van der Waals surface area contributed by atoms with Crippen molar-refractivity contribution >= 4 is 33.5 Å². The Hall–Kier alpha value is -1.40. The number of rotatable bonds is 2. The van der Waals surface area contributed by atoms with Gasteiger partial charge in [0.05, 0.1) is 7.11 Å². The van der Waals surface area contributed by atoms with Crippen molar-refractivity contribution in [3.05, 3.63) is 33.6 Å². The largest absolute Gasteiger partial charge is 0.462 e. The first-order valence-corrected chi connectivity index (χ1v) is 5.65. The van der Waals surface area contributed by atoms with Gasteiger partial charge in [-0.3, -0.25) is 0 Å². The average Bonchev–Trinajstić information content (AvgIpc) is 2.76. The van der Waals surface area contributed by atoms with E-state index in [0.29, 0.717) is 10.6 Å². The summed E-state index contributed by atoms with van der Waals surface area (Å²) in [4.78, 5) is 15.0. The number of carbonyl (C=O) groups is 1. The summed E-state index contributed by atoms with van der Waals surface area (Å²) in [6.45, 7) is 0. The van der Waals surface area contributed by atoms with Crippen molar-refractivity contribution in [3.8, 4) is 11.4 Å². The third-order valence-electron chi connectivity index (χ3n) is 1.91. The van der Waals surface area contributed by atoms with Gasteiger partial charge in [0, 0.05) is 15.1 Å². The molecule has 0 fully saturated rings. The Kier molecular flexibility index (Phi) is 3.44. The van der Waals surface area contributed by atoms with Crippen LogP contribution >= 0.6 is 27.5 Å². The third kappa shape index (κ3) is 2.65. The first kappa shape index (κ1) is 12.1. The summed E-state index contributed by atoms with van der Waals surface area (Å²) in [5.74, 6) is -0.600. The van der Waals surface area contributed by atoms with Crippen LogP contribution in [0.3, 0.4) is 0 Å². The molecular weight excluding hydrogens is 311 g/mol. The van der Waals surface area contributed by atoms with E-state index >= 15 is 0 Å². The van der Waals surface area contributed by atoms with Crippen molar-refractivity contribution in [2.45, 2.75) is 0 Å². The van der Waals surface area contributed by atoms with Crippen LogP contribution in [0.25, 0.3) is 11.4 Å². The van der Waals surface area contributed by atoms with Crippen molar-refractivity contribution in [2.24, 2.45) is 0 Å². The van der Waals surface area contributed by atoms with Crippen LogP contribution in [0.15, 0.2) is 27.2 Å². The molecule has 1 aromatic carbocycles. The van der Waals surface area contributed by atoms with Gasteiger partial charge in [-0.2, -0.15) is 4.98 Å². The Balaban J connectivity index is 2.40. The molecule has 2 aromatic rings. The Morgan fingerprint density at radius 3 is 2.88 bits per heavy atom. The highest BCUT2D eigenvalue weighted by Gasteiger charge is 2.16. The molecule has 0 aliphatic rings. The maximum atomic E-state index is 11.1. The van der Waals surface area contributed by atoms with Crippen LogP contribution < -0.4 is 0 Å². The predicted octanol–water partition coefficient (Wildman–Crippen LogP) is 2.94. The lowest BCUT2D eigenvalue weighted by Crippen LogP contribution is -2.00. The molecule has 0 bridgehead atoms. The van der Waals surface area contributed by atoms with E-state index in [0.717, 1.165) is 4.47 Å². The SMILES string of the molecule is COC(=O)c1nc(-c2cc(Cl)cc(Br)c2)no1. The number of nitrogens with zero attached hydrogens (tertiary/aromatic N) is 2. The number of aromatic nitrogens is 2. The summed E-state index contributed by atoms with van der Waals surface area (Å²) in [6, 6.07) is 5.16. The number of ether oxygens (including phenoxy) is 1. The molecule has 0 saturated heterocycles. The number of hydrogen-bond donors (Lipinski definition) is 0. The van der Waals surface area contributed by atoms with Gasteiger partial charge >= 0.3 is 11.9 Å². The van der Waals surface area contributed by atoms with E-state index in [1.807, 2.05) is 0 Å². The quantitative estimate of drug-likeness (QED) is 0.797. The van der Waals surface area contributed by atoms with E-state index in [2.05, 4.69) is 30.8 Å². The van der Waals surface area contributed by atoms with E-state index in [4.69, 9.17) is 16.1 Å². The first-order valence-electron chi connectivity index (χ1n) is 4.48. The number of halogens is 2. The van der Waals surface area contributed by atoms with Crippen LogP contribution in [0.4, 0.5) is 0 Å². The predicted molar refractivity (Wildman–Crippen MR) is 63.8 cm³/mol. The zero-order valence-electron chi connectivity index (χ0n) is 8.61. The molecule has 0 spiro atoms. The maximum absolute atomic E-state index is 11.1. The van der Waals surface area contributed by atoms with E-state index in [1.54, 1.807) is 18.2 Å². The van der Waals surface area contributed by atoms with Gasteiger partial charge in [-0.05, 0) is 18.2 Å². The van der Waals surface area contributed by atoms with Crippen molar-refractivity contribution in [1.29, 1.82) is 0 Å². The van der Waals surface area contributed by atoms with Crippen LogP contribution in [-0.4, -0.2) is 23.2 Å². The Morgan fingerprint density at radius 1 is 1.47 bits per heavy atom. The first-order chi connectivity index (χ1) is 8.10. The van der Waals surface area contributed by atoms with Crippen molar-refractivity contribution in [2.75, 3.05) is 7.11 Å². The molecule has 88 valence electrons. The van der Waals surface area contributed by atoms with E-state index in [1.165, 1.54) is 7.11 Å². The smallest absolute Gasteiger partial charge is 0.397 e. The summed E-state index contributed by atoms with van der Waals surface area (Å²) in [5, 5.41) is 4.20. The minimum Gasteiger partial charge on any atom is -0.462 e. The van der Waals surface area contributed by atoms with Gasteiger partial charge in [0.25, 0.3) is 0 Å². The standard InChI is InChI=1S/C10H6BrClN2O3/c1-16-10(15)9-13-8(14-17-9)5-2-6(11)4-7(12)3-5/h2-4H,1H3. The van der Waals surface area contributed by atoms with Crippen molar-refractivity contribution in [3.63, 3.8) is 0 Å². The molecule has 17 heavy (non-hydrogen) atoms. The molecule has 1 aromatic heterocycles. The van der Waals surface area contributed by atoms with Gasteiger partial charge in [-0.15, -0.1) is 0 Å². The lowest BCUT2D eigenvalue weighted by molar-refractivity contribution is 0.0545. The van der Waals surface area contributed by atoms with Gasteiger partial charge in [0.2, 0.25) is 5.82 Å². The molecule has 0 radical (unpaired) electrons. The summed E-state index contributed by atoms with van der Waals surface area (Å²) >= 11 is 9.19. The van der Waals surface area contributed by atoms with Gasteiger partial charge in [-0.25, -0.2) is 4.79 Å². The van der Waals surface area contributed by atoms with Crippen LogP contribution in [0.1, 0.15) is 10.7 Å². The second kappa shape index (κ2) is 4.85. The molecular formula is C10H6BrClN2O3. The summed E-state index contributed by atoms with van der Waals surface area (Å²) < 4.78 is 10.0. The zero-order valence-corrected chi connectivity index (χ0v) is 10.9. The normalized spacial score (nSPS) is 10.3. The summed E-state index contributed by atoms with van der Waals surface area (Å²) in [6.07, 6.45) is 0. The fourth-order valence-electron chi connectivity index (χ4n) is 1.19. The second-order valence-electron chi connectivity index (χ2n) is 3.07. The number of benzene rings is 1. The average molecular weight is 318 g/mol. The highest BCUT2D eigenvalue weighted by molar-refractivity contribution is 9.10. The van der Waals surface area contributed by atoms with Crippen LogP contribution in [-0.2, 0) is 4.74 Å². The van der Waals surface area contributed by atoms with Gasteiger partial charge in [0.1, 0.15) is 0 Å². The lowest BCUT2D eigenvalue weighted by atomic mass is 10.2. The lowest BCUT2D eigenvalue weighted by Gasteiger charge is -1.97. The number of methoxy groups -OCH3 is 1. The molecule has 0 aliphatic carbocycles. The molecule has 0 aliphatic heterocycles. The van der Waals surface area contributed by atoms with Crippen molar-refractivity contribution in [1.82, 2.24) is 10.1 Å². The topological polar surface area (TPSA) is 65.2 Å². The Bertz CT molecular complexity index is 550. The highest BCUT2D eigenvalue weighted by atomic mass is 79.9. The second-order valence-corrected chi connectivity index (χ2v) is 4.42. The monoisotopic (exact) mass is 316 g/mol. The molecule has 0 unspecified atom stereocenters. The number of hydrogen-bond acceptors (Lipinski definition) is 5. The molecule has 5 nitrogen and oxygen atoms in total. The molecule has 0 amide bonds. The van der Waals surface area contributed by atoms with Gasteiger partial charge in [0.15, 0.2) is 0 Å². The fourth-order valence-corrected chi connectivity index (χ4v) is 2.05. The molecule has 2 rings (SSSR count). The minimum absolute atomic E-state index is 0.196. The van der Waals surface area contributed by atoms with Crippen LogP contribution in [0.2, 0.25) is 5.02 Å². The summed E-state index contributed by atoms with van der Waals surface area (Å²) in [7, 11) is 1.24. The highest BCUT2D eigenvalue weighted by Crippen LogP contribution is 2.25. The molecule has 0 atom stereocenters. The van der Waals surface area contributed by atoms with Gasteiger partial charge < -0.3 is 9.26 Å². The third-order valence-corrected chi connectivity index (χ3v) is 2.58. The van der Waals surface area contributed by atoms with Crippen molar-refractivity contribution < 1.29 is 14.1 Å². The molecule has 0 N–H and O–H groups in total. The maximum Gasteiger partial charge on any atom is 0.397 e. The molecule has 7 heteroatoms. The minimum atomic E-state index is -0.676. The number of esters is 1. The van der Waals surface area contributed by atoms with E-state index in [9.17, 15) is 4.79 Å². The van der Waals surface area contributed by atoms with Crippen LogP contribution in [0, 0.1) is 0 Å². The number of carbonyl (C=O) groups excluding carboxylic acids is 1. The van der Waals surface area contributed by atoms with Gasteiger partial charge in [-0.1, -0.05) is 32.7 Å². The van der Waals surface area contributed by atoms with Crippen LogP contribution in [0.5, 0.6) is 0 Å². The Morgan fingerprint density at radius 2 is 2.24 bits per heavy atom. The fraction of sp³-hybridized carbons (Fsp3) is 0.100.